The van der Waals surface area contributed by atoms with Crippen LogP contribution in [0.25, 0.3) is 22.2 Å². The molecule has 1 heterocycles. The van der Waals surface area contributed by atoms with Crippen LogP contribution >= 0.6 is 0 Å². The van der Waals surface area contributed by atoms with Gasteiger partial charge in [0.05, 0.1) is 17.8 Å². The zero-order valence-corrected chi connectivity index (χ0v) is 15.5. The van der Waals surface area contributed by atoms with E-state index in [1.165, 1.54) is 18.2 Å². The highest BCUT2D eigenvalue weighted by Gasteiger charge is 2.37. The molecule has 29 heavy (non-hydrogen) atoms. The fourth-order valence-electron chi connectivity index (χ4n) is 3.98. The summed E-state index contributed by atoms with van der Waals surface area (Å²) in [5, 5.41) is 22.6. The van der Waals surface area contributed by atoms with Crippen LogP contribution in [-0.2, 0) is 11.2 Å². The third kappa shape index (κ3) is 3.28. The molecule has 152 valence electrons. The number of carbonyl (C=O) groups is 1. The topological polar surface area (TPSA) is 85.3 Å². The van der Waals surface area contributed by atoms with E-state index in [-0.39, 0.29) is 23.9 Å². The summed E-state index contributed by atoms with van der Waals surface area (Å²) in [5.74, 6) is -3.65. The van der Waals surface area contributed by atoms with Crippen molar-refractivity contribution in [3.8, 4) is 11.3 Å². The molecule has 3 aromatic rings. The lowest BCUT2D eigenvalue weighted by Crippen LogP contribution is -2.44. The molecule has 0 fully saturated rings. The number of aliphatic hydroxyl groups is 2. The lowest BCUT2D eigenvalue weighted by molar-refractivity contribution is -0.131. The first-order chi connectivity index (χ1) is 13.8. The summed E-state index contributed by atoms with van der Waals surface area (Å²) < 4.78 is 42.1. The maximum absolute atomic E-state index is 14.4. The largest absolute Gasteiger partial charge is 0.394 e. The highest BCUT2D eigenvalue weighted by atomic mass is 19.1. The van der Waals surface area contributed by atoms with Gasteiger partial charge in [-0.1, -0.05) is 0 Å². The Labute approximate surface area is 164 Å². The Kier molecular flexibility index (Phi) is 4.84. The van der Waals surface area contributed by atoms with Crippen molar-refractivity contribution in [2.45, 2.75) is 31.4 Å². The highest BCUT2D eigenvalue weighted by molar-refractivity contribution is 5.95. The number of H-pyrrole nitrogens is 1. The second kappa shape index (κ2) is 7.20. The first-order valence-electron chi connectivity index (χ1n) is 9.18. The first kappa shape index (κ1) is 19.5. The number of rotatable bonds is 4. The number of fused-ring (bicyclic) bond motifs is 5. The second-order valence-electron chi connectivity index (χ2n) is 7.37. The fourth-order valence-corrected chi connectivity index (χ4v) is 3.98. The number of halogens is 3. The van der Waals surface area contributed by atoms with Gasteiger partial charge < -0.3 is 20.5 Å². The van der Waals surface area contributed by atoms with Crippen molar-refractivity contribution in [2.24, 2.45) is 0 Å². The maximum atomic E-state index is 14.4. The highest BCUT2D eigenvalue weighted by Crippen LogP contribution is 2.45. The van der Waals surface area contributed by atoms with Gasteiger partial charge in [0, 0.05) is 29.0 Å². The van der Waals surface area contributed by atoms with E-state index >= 15 is 0 Å². The summed E-state index contributed by atoms with van der Waals surface area (Å²) in [7, 11) is 0. The van der Waals surface area contributed by atoms with Crippen LogP contribution in [0.3, 0.4) is 0 Å². The number of carbonyl (C=O) groups excluding carboxylic acids is 1. The van der Waals surface area contributed by atoms with Crippen LogP contribution in [-0.4, -0.2) is 39.9 Å². The number of hydrogen-bond donors (Lipinski definition) is 4. The van der Waals surface area contributed by atoms with Gasteiger partial charge in [-0.15, -0.1) is 0 Å². The predicted octanol–water partition coefficient (Wildman–Crippen LogP) is 2.75. The quantitative estimate of drug-likeness (QED) is 0.540. The van der Waals surface area contributed by atoms with E-state index in [2.05, 4.69) is 10.3 Å². The summed E-state index contributed by atoms with van der Waals surface area (Å²) in [6.07, 6.45) is -1.46. The van der Waals surface area contributed by atoms with E-state index < -0.39 is 41.4 Å². The Morgan fingerprint density at radius 3 is 2.72 bits per heavy atom. The average Bonchev–Trinajstić information content (AvgIpc) is 3.06. The molecule has 2 aromatic carbocycles. The SMILES string of the molecule is C[C@@H](CO)NC(=O)C(O)C1Cc2cc(F)ccc2-c2[nH]c3c(F)cc(F)cc3c21. The molecule has 1 aromatic heterocycles. The van der Waals surface area contributed by atoms with Gasteiger partial charge in [0.1, 0.15) is 23.6 Å². The number of aromatic amines is 1. The van der Waals surface area contributed by atoms with Crippen molar-refractivity contribution >= 4 is 16.8 Å². The average molecular weight is 404 g/mol. The van der Waals surface area contributed by atoms with Crippen LogP contribution < -0.4 is 5.32 Å². The number of benzene rings is 2. The van der Waals surface area contributed by atoms with Gasteiger partial charge in [0.2, 0.25) is 5.91 Å². The smallest absolute Gasteiger partial charge is 0.249 e. The minimum absolute atomic E-state index is 0.0508. The van der Waals surface area contributed by atoms with Crippen LogP contribution in [0.4, 0.5) is 13.2 Å². The molecule has 4 rings (SSSR count). The molecule has 1 aliphatic carbocycles. The summed E-state index contributed by atoms with van der Waals surface area (Å²) in [4.78, 5) is 15.4. The number of hydrogen-bond acceptors (Lipinski definition) is 3. The molecule has 1 aliphatic rings. The number of aliphatic hydroxyl groups excluding tert-OH is 2. The van der Waals surface area contributed by atoms with E-state index in [1.54, 1.807) is 6.92 Å². The van der Waals surface area contributed by atoms with Gasteiger partial charge in [-0.2, -0.15) is 0 Å². The van der Waals surface area contributed by atoms with E-state index in [0.29, 0.717) is 22.4 Å². The molecule has 0 radical (unpaired) electrons. The van der Waals surface area contributed by atoms with Crippen LogP contribution in [0.5, 0.6) is 0 Å². The number of aromatic nitrogens is 1. The van der Waals surface area contributed by atoms with Gasteiger partial charge in [-0.25, -0.2) is 13.2 Å². The van der Waals surface area contributed by atoms with Gasteiger partial charge in [0.25, 0.3) is 0 Å². The minimum Gasteiger partial charge on any atom is -0.394 e. The maximum Gasteiger partial charge on any atom is 0.249 e. The monoisotopic (exact) mass is 404 g/mol. The molecular formula is C21H19F3N2O3. The van der Waals surface area contributed by atoms with Gasteiger partial charge >= 0.3 is 0 Å². The summed E-state index contributed by atoms with van der Waals surface area (Å²) >= 11 is 0. The zero-order valence-electron chi connectivity index (χ0n) is 15.5. The molecule has 1 amide bonds. The number of amides is 1. The molecule has 0 aliphatic heterocycles. The Morgan fingerprint density at radius 1 is 1.24 bits per heavy atom. The third-order valence-corrected chi connectivity index (χ3v) is 5.32. The Balaban J connectivity index is 1.90. The van der Waals surface area contributed by atoms with Crippen LogP contribution in [0, 0.1) is 17.5 Å². The van der Waals surface area contributed by atoms with E-state index in [1.807, 2.05) is 0 Å². The van der Waals surface area contributed by atoms with Gasteiger partial charge in [0.15, 0.2) is 0 Å². The molecule has 5 nitrogen and oxygen atoms in total. The van der Waals surface area contributed by atoms with Crippen molar-refractivity contribution in [3.63, 3.8) is 0 Å². The van der Waals surface area contributed by atoms with Crippen molar-refractivity contribution < 1.29 is 28.2 Å². The predicted molar refractivity (Wildman–Crippen MR) is 101 cm³/mol. The first-order valence-corrected chi connectivity index (χ1v) is 9.18. The lowest BCUT2D eigenvalue weighted by atomic mass is 9.78. The summed E-state index contributed by atoms with van der Waals surface area (Å²) in [5.41, 5.74) is 2.01. The van der Waals surface area contributed by atoms with Crippen molar-refractivity contribution in [1.82, 2.24) is 10.3 Å². The Bertz CT molecular complexity index is 1110. The second-order valence-corrected chi connectivity index (χ2v) is 7.37. The normalized spacial score (nSPS) is 17.5. The van der Waals surface area contributed by atoms with Gasteiger partial charge in [-0.3, -0.25) is 4.79 Å². The molecule has 0 spiro atoms. The van der Waals surface area contributed by atoms with Gasteiger partial charge in [-0.05, 0) is 48.7 Å². The van der Waals surface area contributed by atoms with E-state index in [0.717, 1.165) is 12.1 Å². The molecule has 8 heteroatoms. The van der Waals surface area contributed by atoms with Crippen LogP contribution in [0.1, 0.15) is 24.0 Å². The lowest BCUT2D eigenvalue weighted by Gasteiger charge is -2.29. The molecule has 0 saturated carbocycles. The van der Waals surface area contributed by atoms with Crippen molar-refractivity contribution in [2.75, 3.05) is 6.61 Å². The zero-order chi connectivity index (χ0) is 20.9. The van der Waals surface area contributed by atoms with Crippen molar-refractivity contribution in [1.29, 1.82) is 0 Å². The molecule has 3 atom stereocenters. The molecular weight excluding hydrogens is 385 g/mol. The fraction of sp³-hybridized carbons (Fsp3) is 0.286. The van der Waals surface area contributed by atoms with Crippen LogP contribution in [0.15, 0.2) is 30.3 Å². The minimum atomic E-state index is -1.57. The Hall–Kier alpha value is -2.84. The molecule has 0 saturated heterocycles. The standard InChI is InChI=1S/C21H19F3N2O3/c1-9(8-27)25-21(29)20(28)15-5-10-4-11(22)2-3-13(10)19-17(15)14-6-12(23)7-16(24)18(14)26-19/h2-4,6-7,9,15,20,26-28H,5,8H2,1H3,(H,25,29)/t9-,15?,20?/m0/s1. The molecule has 4 N–H and O–H groups in total. The molecule has 0 bridgehead atoms. The van der Waals surface area contributed by atoms with E-state index in [4.69, 9.17) is 5.11 Å². The summed E-state index contributed by atoms with van der Waals surface area (Å²) in [6.45, 7) is 1.25. The van der Waals surface area contributed by atoms with Crippen molar-refractivity contribution in [3.05, 3.63) is 58.9 Å². The summed E-state index contributed by atoms with van der Waals surface area (Å²) in [6, 6.07) is 5.41. The Morgan fingerprint density at radius 2 is 2.00 bits per heavy atom. The van der Waals surface area contributed by atoms with E-state index in [9.17, 15) is 23.1 Å². The third-order valence-electron chi connectivity index (χ3n) is 5.32. The number of nitrogens with one attached hydrogen (secondary N) is 2. The molecule has 2 unspecified atom stereocenters. The van der Waals surface area contributed by atoms with Crippen LogP contribution in [0.2, 0.25) is 0 Å².